The van der Waals surface area contributed by atoms with Crippen LogP contribution in [0.25, 0.3) is 0 Å². The second kappa shape index (κ2) is 2.64. The highest BCUT2D eigenvalue weighted by Gasteiger charge is 2.79. The number of rotatable bonds is 0. The molecule has 0 N–H and O–H groups in total. The molecular weight excluding hydrogens is 212 g/mol. The number of epoxide rings is 1. The first-order chi connectivity index (χ1) is 7.90. The summed E-state index contributed by atoms with van der Waals surface area (Å²) in [4.78, 5) is 12.3. The highest BCUT2D eigenvalue weighted by atomic mass is 16.6. The van der Waals surface area contributed by atoms with E-state index >= 15 is 0 Å². The quantitative estimate of drug-likeness (QED) is 0.603. The van der Waals surface area contributed by atoms with Crippen LogP contribution in [0.1, 0.15) is 40.5 Å². The summed E-state index contributed by atoms with van der Waals surface area (Å²) < 4.78 is 6.05. The van der Waals surface area contributed by atoms with Gasteiger partial charge in [0.15, 0.2) is 0 Å². The van der Waals surface area contributed by atoms with Crippen LogP contribution in [0, 0.1) is 35.0 Å². The largest absolute Gasteiger partial charge is 0.365 e. The van der Waals surface area contributed by atoms with E-state index < -0.39 is 0 Å². The number of hydrogen-bond acceptors (Lipinski definition) is 2. The maximum atomic E-state index is 12.3. The maximum absolute atomic E-state index is 12.3. The van der Waals surface area contributed by atoms with Crippen molar-refractivity contribution in [3.05, 3.63) is 0 Å². The molecule has 2 heteroatoms. The van der Waals surface area contributed by atoms with Crippen molar-refractivity contribution < 1.29 is 9.53 Å². The van der Waals surface area contributed by atoms with Crippen molar-refractivity contribution in [2.45, 2.75) is 52.2 Å². The molecule has 4 aliphatic rings. The molecule has 0 aromatic carbocycles. The Morgan fingerprint density at radius 3 is 2.65 bits per heavy atom. The van der Waals surface area contributed by atoms with Gasteiger partial charge in [-0.1, -0.05) is 27.7 Å². The normalized spacial score (nSPS) is 62.2. The van der Waals surface area contributed by atoms with E-state index in [9.17, 15) is 4.79 Å². The van der Waals surface area contributed by atoms with Crippen LogP contribution in [-0.4, -0.2) is 17.5 Å². The third-order valence-corrected chi connectivity index (χ3v) is 6.62. The van der Waals surface area contributed by atoms with Gasteiger partial charge in [0.05, 0.1) is 6.10 Å². The van der Waals surface area contributed by atoms with Crippen molar-refractivity contribution in [3.63, 3.8) is 0 Å². The number of carbonyl (C=O) groups excluding carboxylic acids is 1. The van der Waals surface area contributed by atoms with E-state index in [1.807, 2.05) is 0 Å². The number of ether oxygens (including phenoxy) is 1. The van der Waals surface area contributed by atoms with Gasteiger partial charge >= 0.3 is 0 Å². The van der Waals surface area contributed by atoms with Gasteiger partial charge in [-0.2, -0.15) is 0 Å². The zero-order valence-electron chi connectivity index (χ0n) is 11.2. The Labute approximate surface area is 103 Å². The maximum Gasteiger partial charge on any atom is 0.139 e. The SMILES string of the molecule is CC1CC2OC23C(C)C(=O)CC2C(C13)C2(C)C. The van der Waals surface area contributed by atoms with E-state index in [1.165, 1.54) is 6.42 Å². The summed E-state index contributed by atoms with van der Waals surface area (Å²) in [5.41, 5.74) is 0.340. The van der Waals surface area contributed by atoms with Crippen molar-refractivity contribution in [3.8, 4) is 0 Å². The lowest BCUT2D eigenvalue weighted by atomic mass is 9.75. The average Bonchev–Trinajstić information content (AvgIpc) is 3.05. The fraction of sp³-hybridized carbons (Fsp3) is 0.933. The van der Waals surface area contributed by atoms with Gasteiger partial charge in [-0.05, 0) is 35.5 Å². The van der Waals surface area contributed by atoms with Gasteiger partial charge in [0.2, 0.25) is 0 Å². The minimum atomic E-state index is -0.0380. The predicted molar refractivity (Wildman–Crippen MR) is 64.4 cm³/mol. The van der Waals surface area contributed by atoms with Crippen molar-refractivity contribution >= 4 is 5.78 Å². The van der Waals surface area contributed by atoms with Gasteiger partial charge < -0.3 is 4.74 Å². The molecule has 94 valence electrons. The van der Waals surface area contributed by atoms with Gasteiger partial charge in [0.1, 0.15) is 11.4 Å². The number of hydrogen-bond donors (Lipinski definition) is 0. The Morgan fingerprint density at radius 1 is 1.24 bits per heavy atom. The lowest BCUT2D eigenvalue weighted by molar-refractivity contribution is -0.125. The van der Waals surface area contributed by atoms with Gasteiger partial charge in [-0.25, -0.2) is 0 Å². The van der Waals surface area contributed by atoms with Crippen LogP contribution < -0.4 is 0 Å². The van der Waals surface area contributed by atoms with Crippen LogP contribution in [0.15, 0.2) is 0 Å². The number of ketones is 1. The van der Waals surface area contributed by atoms with Crippen molar-refractivity contribution in [1.29, 1.82) is 0 Å². The molecule has 3 aliphatic carbocycles. The van der Waals surface area contributed by atoms with E-state index in [0.717, 1.165) is 18.3 Å². The zero-order valence-corrected chi connectivity index (χ0v) is 11.2. The lowest BCUT2D eigenvalue weighted by Gasteiger charge is -2.29. The third kappa shape index (κ3) is 0.973. The monoisotopic (exact) mass is 234 g/mol. The van der Waals surface area contributed by atoms with Crippen molar-refractivity contribution in [2.75, 3.05) is 0 Å². The molecule has 1 heterocycles. The highest BCUT2D eigenvalue weighted by Crippen LogP contribution is 2.75. The molecule has 4 rings (SSSR count). The molecule has 0 amide bonds. The molecule has 0 radical (unpaired) electrons. The summed E-state index contributed by atoms with van der Waals surface area (Å²) in [6, 6.07) is 0. The van der Waals surface area contributed by atoms with Gasteiger partial charge in [0, 0.05) is 12.3 Å². The Bertz CT molecular complexity index is 413. The number of carbonyl (C=O) groups is 1. The second-order valence-corrected chi connectivity index (χ2v) is 7.54. The van der Waals surface area contributed by atoms with Crippen LogP contribution in [0.3, 0.4) is 0 Å². The topological polar surface area (TPSA) is 29.6 Å². The molecule has 3 saturated carbocycles. The smallest absolute Gasteiger partial charge is 0.139 e. The first-order valence-electron chi connectivity index (χ1n) is 7.11. The minimum Gasteiger partial charge on any atom is -0.365 e. The van der Waals surface area contributed by atoms with Crippen LogP contribution in [-0.2, 0) is 9.53 Å². The molecule has 17 heavy (non-hydrogen) atoms. The zero-order chi connectivity index (χ0) is 12.2. The predicted octanol–water partition coefficient (Wildman–Crippen LogP) is 2.66. The summed E-state index contributed by atoms with van der Waals surface area (Å²) in [5, 5.41) is 0. The fourth-order valence-electron chi connectivity index (χ4n) is 5.51. The second-order valence-electron chi connectivity index (χ2n) is 7.54. The Hall–Kier alpha value is -0.370. The van der Waals surface area contributed by atoms with E-state index in [2.05, 4.69) is 27.7 Å². The van der Waals surface area contributed by atoms with E-state index in [4.69, 9.17) is 4.74 Å². The Balaban J connectivity index is 1.81. The summed E-state index contributed by atoms with van der Waals surface area (Å²) in [5.74, 6) is 3.37. The molecule has 1 saturated heterocycles. The molecule has 1 aliphatic heterocycles. The fourth-order valence-corrected chi connectivity index (χ4v) is 5.51. The Kier molecular flexibility index (Phi) is 1.63. The molecule has 2 nitrogen and oxygen atoms in total. The molecule has 4 fully saturated rings. The van der Waals surface area contributed by atoms with Gasteiger partial charge in [-0.3, -0.25) is 4.79 Å². The van der Waals surface area contributed by atoms with Crippen molar-refractivity contribution in [2.24, 2.45) is 35.0 Å². The van der Waals surface area contributed by atoms with Crippen LogP contribution in [0.2, 0.25) is 0 Å². The summed E-state index contributed by atoms with van der Waals surface area (Å²) in [6.07, 6.45) is 2.39. The third-order valence-electron chi connectivity index (χ3n) is 6.62. The van der Waals surface area contributed by atoms with Crippen molar-refractivity contribution in [1.82, 2.24) is 0 Å². The summed E-state index contributed by atoms with van der Waals surface area (Å²) >= 11 is 0. The minimum absolute atomic E-state index is 0.0380. The summed E-state index contributed by atoms with van der Waals surface area (Å²) in [7, 11) is 0. The Morgan fingerprint density at radius 2 is 1.94 bits per heavy atom. The molecule has 7 atom stereocenters. The highest BCUT2D eigenvalue weighted by molar-refractivity contribution is 5.84. The molecular formula is C15H22O2. The first-order valence-corrected chi connectivity index (χ1v) is 7.11. The van der Waals surface area contributed by atoms with Crippen LogP contribution in [0.4, 0.5) is 0 Å². The van der Waals surface area contributed by atoms with E-state index in [1.54, 1.807) is 0 Å². The van der Waals surface area contributed by atoms with Crippen LogP contribution in [0.5, 0.6) is 0 Å². The number of fused-ring (bicyclic) bond motifs is 2. The van der Waals surface area contributed by atoms with Crippen LogP contribution >= 0.6 is 0 Å². The van der Waals surface area contributed by atoms with Gasteiger partial charge in [0.25, 0.3) is 0 Å². The molecule has 0 bridgehead atoms. The standard InChI is InChI=1S/C15H22O2/c1-7-5-11-15(17-11)8(2)10(16)6-9-13(12(7)15)14(9,3)4/h7-9,11-13H,5-6H2,1-4H3. The summed E-state index contributed by atoms with van der Waals surface area (Å²) in [6.45, 7) is 9.19. The van der Waals surface area contributed by atoms with Gasteiger partial charge in [-0.15, -0.1) is 0 Å². The molecule has 7 unspecified atom stereocenters. The van der Waals surface area contributed by atoms with E-state index in [-0.39, 0.29) is 11.5 Å². The van der Waals surface area contributed by atoms with E-state index in [0.29, 0.717) is 29.1 Å². The average molecular weight is 234 g/mol. The molecule has 0 aromatic heterocycles. The number of Topliss-reactive ketones (excluding diaryl/α,β-unsaturated/α-hetero) is 1. The molecule has 1 spiro atoms. The first kappa shape index (κ1) is 10.5. The lowest BCUT2D eigenvalue weighted by Crippen LogP contribution is -2.37. The molecule has 0 aromatic rings.